The molecule has 0 radical (unpaired) electrons. The standard InChI is InChI=1S/C12H16N2O4/c1-7-3-4-14(9(5-7)12(16)17)11(15)10-8(2)6-13-18-10/h6-7,9H,3-5H2,1-2H3,(H,16,17). The Morgan fingerprint density at radius 2 is 2.28 bits per heavy atom. The number of piperidine rings is 1. The maximum absolute atomic E-state index is 12.2. The molecule has 18 heavy (non-hydrogen) atoms. The first-order valence-electron chi connectivity index (χ1n) is 5.95. The number of aryl methyl sites for hydroxylation is 1. The normalized spacial score (nSPS) is 24.0. The van der Waals surface area contributed by atoms with Crippen molar-refractivity contribution in [1.82, 2.24) is 10.1 Å². The van der Waals surface area contributed by atoms with Crippen LogP contribution in [-0.4, -0.2) is 39.6 Å². The summed E-state index contributed by atoms with van der Waals surface area (Å²) in [5.74, 6) is -0.904. The van der Waals surface area contributed by atoms with Crippen LogP contribution in [0.25, 0.3) is 0 Å². The van der Waals surface area contributed by atoms with Crippen LogP contribution in [0.3, 0.4) is 0 Å². The Morgan fingerprint density at radius 1 is 1.56 bits per heavy atom. The third kappa shape index (κ3) is 2.23. The number of aliphatic carboxylic acids is 1. The Balaban J connectivity index is 2.23. The van der Waals surface area contributed by atoms with Crippen LogP contribution in [0.15, 0.2) is 10.7 Å². The van der Waals surface area contributed by atoms with Gasteiger partial charge in [-0.05, 0) is 25.7 Å². The van der Waals surface area contributed by atoms with Gasteiger partial charge < -0.3 is 14.5 Å². The molecule has 0 saturated carbocycles. The Bertz CT molecular complexity index is 468. The van der Waals surface area contributed by atoms with Crippen molar-refractivity contribution in [3.8, 4) is 0 Å². The van der Waals surface area contributed by atoms with Crippen molar-refractivity contribution in [2.45, 2.75) is 32.7 Å². The summed E-state index contributed by atoms with van der Waals surface area (Å²) in [7, 11) is 0. The van der Waals surface area contributed by atoms with Gasteiger partial charge in [0.15, 0.2) is 0 Å². The van der Waals surface area contributed by atoms with Gasteiger partial charge in [0.2, 0.25) is 5.76 Å². The molecule has 0 aromatic carbocycles. The van der Waals surface area contributed by atoms with E-state index in [4.69, 9.17) is 4.52 Å². The number of likely N-dealkylation sites (tertiary alicyclic amines) is 1. The van der Waals surface area contributed by atoms with Crippen LogP contribution in [0, 0.1) is 12.8 Å². The highest BCUT2D eigenvalue weighted by atomic mass is 16.5. The lowest BCUT2D eigenvalue weighted by molar-refractivity contribution is -0.144. The molecule has 0 aliphatic carbocycles. The first-order chi connectivity index (χ1) is 8.50. The molecule has 0 bridgehead atoms. The highest BCUT2D eigenvalue weighted by Gasteiger charge is 2.36. The van der Waals surface area contributed by atoms with Crippen LogP contribution in [0.1, 0.15) is 35.9 Å². The average molecular weight is 252 g/mol. The average Bonchev–Trinajstić information content (AvgIpc) is 2.74. The number of carbonyl (C=O) groups excluding carboxylic acids is 1. The van der Waals surface area contributed by atoms with Crippen LogP contribution >= 0.6 is 0 Å². The van der Waals surface area contributed by atoms with Gasteiger partial charge in [0.25, 0.3) is 5.91 Å². The number of aromatic nitrogens is 1. The minimum Gasteiger partial charge on any atom is -0.480 e. The lowest BCUT2D eigenvalue weighted by Gasteiger charge is -2.35. The monoisotopic (exact) mass is 252 g/mol. The Morgan fingerprint density at radius 3 is 2.83 bits per heavy atom. The number of nitrogens with zero attached hydrogens (tertiary/aromatic N) is 2. The molecule has 2 rings (SSSR count). The number of carbonyl (C=O) groups is 2. The molecule has 1 aliphatic rings. The summed E-state index contributed by atoms with van der Waals surface area (Å²) >= 11 is 0. The third-order valence-electron chi connectivity index (χ3n) is 3.35. The second-order valence-electron chi connectivity index (χ2n) is 4.82. The molecular weight excluding hydrogens is 236 g/mol. The number of carboxylic acid groups (broad SMARTS) is 1. The molecule has 2 atom stereocenters. The van der Waals surface area contributed by atoms with E-state index in [-0.39, 0.29) is 11.7 Å². The number of amides is 1. The van der Waals surface area contributed by atoms with Gasteiger partial charge in [-0.3, -0.25) is 4.79 Å². The van der Waals surface area contributed by atoms with Gasteiger partial charge in [0.1, 0.15) is 6.04 Å². The van der Waals surface area contributed by atoms with E-state index in [2.05, 4.69) is 5.16 Å². The van der Waals surface area contributed by atoms with Gasteiger partial charge in [-0.15, -0.1) is 0 Å². The molecule has 2 unspecified atom stereocenters. The Hall–Kier alpha value is -1.85. The quantitative estimate of drug-likeness (QED) is 0.857. The summed E-state index contributed by atoms with van der Waals surface area (Å²) in [6.07, 6.45) is 2.74. The van der Waals surface area contributed by atoms with Gasteiger partial charge in [-0.1, -0.05) is 12.1 Å². The van der Waals surface area contributed by atoms with Gasteiger partial charge in [0.05, 0.1) is 6.20 Å². The van der Waals surface area contributed by atoms with Crippen LogP contribution in [0.5, 0.6) is 0 Å². The van der Waals surface area contributed by atoms with Crippen molar-refractivity contribution in [1.29, 1.82) is 0 Å². The predicted octanol–water partition coefficient (Wildman–Crippen LogP) is 1.31. The molecule has 1 fully saturated rings. The first kappa shape index (κ1) is 12.6. The molecule has 1 N–H and O–H groups in total. The molecule has 6 heteroatoms. The smallest absolute Gasteiger partial charge is 0.326 e. The van der Waals surface area contributed by atoms with E-state index in [1.54, 1.807) is 6.92 Å². The summed E-state index contributed by atoms with van der Waals surface area (Å²) in [5, 5.41) is 12.8. The molecule has 1 aliphatic heterocycles. The maximum atomic E-state index is 12.2. The van der Waals surface area contributed by atoms with E-state index in [1.165, 1.54) is 11.1 Å². The Kier molecular flexibility index (Phi) is 3.36. The zero-order valence-corrected chi connectivity index (χ0v) is 10.4. The van der Waals surface area contributed by atoms with Crippen molar-refractivity contribution in [3.63, 3.8) is 0 Å². The van der Waals surface area contributed by atoms with Gasteiger partial charge in [-0.25, -0.2) is 4.79 Å². The van der Waals surface area contributed by atoms with Crippen LogP contribution < -0.4 is 0 Å². The van der Waals surface area contributed by atoms with Gasteiger partial charge in [-0.2, -0.15) is 0 Å². The number of rotatable bonds is 2. The van der Waals surface area contributed by atoms with E-state index in [0.29, 0.717) is 24.4 Å². The fourth-order valence-corrected chi connectivity index (χ4v) is 2.25. The molecule has 1 aromatic heterocycles. The van der Waals surface area contributed by atoms with E-state index in [1.807, 2.05) is 6.92 Å². The summed E-state index contributed by atoms with van der Waals surface area (Å²) in [4.78, 5) is 24.8. The van der Waals surface area contributed by atoms with Gasteiger partial charge >= 0.3 is 5.97 Å². The fraction of sp³-hybridized carbons (Fsp3) is 0.583. The van der Waals surface area contributed by atoms with E-state index >= 15 is 0 Å². The SMILES string of the molecule is Cc1cnoc1C(=O)N1CCC(C)CC1C(=O)O. The van der Waals surface area contributed by atoms with Crippen molar-refractivity contribution >= 4 is 11.9 Å². The first-order valence-corrected chi connectivity index (χ1v) is 5.95. The van der Waals surface area contributed by atoms with Crippen molar-refractivity contribution in [3.05, 3.63) is 17.5 Å². The number of hydrogen-bond acceptors (Lipinski definition) is 4. The summed E-state index contributed by atoms with van der Waals surface area (Å²) < 4.78 is 4.90. The number of hydrogen-bond donors (Lipinski definition) is 1. The van der Waals surface area contributed by atoms with Crippen molar-refractivity contribution < 1.29 is 19.2 Å². The number of carboxylic acids is 1. The van der Waals surface area contributed by atoms with Crippen LogP contribution in [0.2, 0.25) is 0 Å². The Labute approximate surface area is 105 Å². The second kappa shape index (κ2) is 4.80. The highest BCUT2D eigenvalue weighted by Crippen LogP contribution is 2.25. The largest absolute Gasteiger partial charge is 0.480 e. The van der Waals surface area contributed by atoms with Crippen LogP contribution in [-0.2, 0) is 4.79 Å². The molecule has 6 nitrogen and oxygen atoms in total. The lowest BCUT2D eigenvalue weighted by Crippen LogP contribution is -2.49. The molecule has 0 spiro atoms. The van der Waals surface area contributed by atoms with Crippen molar-refractivity contribution in [2.24, 2.45) is 5.92 Å². The molecule has 1 saturated heterocycles. The van der Waals surface area contributed by atoms with E-state index in [0.717, 1.165) is 6.42 Å². The van der Waals surface area contributed by atoms with E-state index < -0.39 is 12.0 Å². The molecule has 2 heterocycles. The van der Waals surface area contributed by atoms with Crippen molar-refractivity contribution in [2.75, 3.05) is 6.54 Å². The molecular formula is C12H16N2O4. The second-order valence-corrected chi connectivity index (χ2v) is 4.82. The lowest BCUT2D eigenvalue weighted by atomic mass is 9.92. The maximum Gasteiger partial charge on any atom is 0.326 e. The zero-order chi connectivity index (χ0) is 13.3. The molecule has 98 valence electrons. The summed E-state index contributed by atoms with van der Waals surface area (Å²) in [6.45, 7) is 4.15. The topological polar surface area (TPSA) is 83.6 Å². The van der Waals surface area contributed by atoms with E-state index in [9.17, 15) is 14.7 Å². The molecule has 1 amide bonds. The minimum absolute atomic E-state index is 0.135. The molecule has 1 aromatic rings. The van der Waals surface area contributed by atoms with Crippen LogP contribution in [0.4, 0.5) is 0 Å². The summed E-state index contributed by atoms with van der Waals surface area (Å²) in [6, 6.07) is -0.772. The fourth-order valence-electron chi connectivity index (χ4n) is 2.25. The zero-order valence-electron chi connectivity index (χ0n) is 10.4. The third-order valence-corrected chi connectivity index (χ3v) is 3.35. The predicted molar refractivity (Wildman–Crippen MR) is 62.1 cm³/mol. The minimum atomic E-state index is -0.966. The van der Waals surface area contributed by atoms with Gasteiger partial charge in [0, 0.05) is 12.1 Å². The summed E-state index contributed by atoms with van der Waals surface area (Å²) in [5.41, 5.74) is 0.628. The highest BCUT2D eigenvalue weighted by molar-refractivity contribution is 5.95.